The van der Waals surface area contributed by atoms with Crippen LogP contribution >= 0.6 is 0 Å². The average Bonchev–Trinajstić information content (AvgIpc) is 1.94. The molecule has 0 saturated heterocycles. The lowest BCUT2D eigenvalue weighted by Crippen LogP contribution is -2.55. The van der Waals surface area contributed by atoms with Gasteiger partial charge in [0.05, 0.1) is 0 Å². The standard InChI is InChI=1S/C10H20N2O2/c1-9(2,3)14-8(13)12-7-10(11)5-4-6-10/h4-7,11H2,1-3H3,(H,12,13). The summed E-state index contributed by atoms with van der Waals surface area (Å²) >= 11 is 0. The van der Waals surface area contributed by atoms with Crippen molar-refractivity contribution >= 4 is 6.09 Å². The highest BCUT2D eigenvalue weighted by Crippen LogP contribution is 2.28. The molecule has 82 valence electrons. The van der Waals surface area contributed by atoms with Gasteiger partial charge in [0.1, 0.15) is 5.60 Å². The minimum atomic E-state index is -0.439. The van der Waals surface area contributed by atoms with E-state index in [-0.39, 0.29) is 11.6 Å². The summed E-state index contributed by atoms with van der Waals surface area (Å²) in [5.41, 5.74) is 5.32. The van der Waals surface area contributed by atoms with Crippen molar-refractivity contribution in [3.05, 3.63) is 0 Å². The normalized spacial score (nSPS) is 19.7. The summed E-state index contributed by atoms with van der Waals surface area (Å²) in [5, 5.41) is 2.70. The van der Waals surface area contributed by atoms with E-state index in [1.54, 1.807) is 0 Å². The fourth-order valence-electron chi connectivity index (χ4n) is 1.37. The molecule has 0 spiro atoms. The molecule has 0 aromatic rings. The minimum Gasteiger partial charge on any atom is -0.444 e. The molecule has 0 aromatic carbocycles. The Morgan fingerprint density at radius 3 is 2.43 bits per heavy atom. The molecule has 3 N–H and O–H groups in total. The number of carbonyl (C=O) groups is 1. The lowest BCUT2D eigenvalue weighted by Gasteiger charge is -2.38. The lowest BCUT2D eigenvalue weighted by atomic mass is 9.78. The second-order valence-corrected chi connectivity index (χ2v) is 5.07. The molecule has 0 aromatic heterocycles. The van der Waals surface area contributed by atoms with Crippen LogP contribution in [0.1, 0.15) is 40.0 Å². The van der Waals surface area contributed by atoms with E-state index >= 15 is 0 Å². The summed E-state index contributed by atoms with van der Waals surface area (Å²) in [7, 11) is 0. The van der Waals surface area contributed by atoms with Crippen LogP contribution in [0.25, 0.3) is 0 Å². The quantitative estimate of drug-likeness (QED) is 0.708. The van der Waals surface area contributed by atoms with Gasteiger partial charge in [-0.25, -0.2) is 4.79 Å². The Morgan fingerprint density at radius 2 is 2.07 bits per heavy atom. The molecule has 1 saturated carbocycles. The third-order valence-electron chi connectivity index (χ3n) is 2.33. The van der Waals surface area contributed by atoms with Crippen LogP contribution in [0.4, 0.5) is 4.79 Å². The first-order valence-corrected chi connectivity index (χ1v) is 5.07. The molecule has 0 aliphatic heterocycles. The van der Waals surface area contributed by atoms with Crippen molar-refractivity contribution < 1.29 is 9.53 Å². The second-order valence-electron chi connectivity index (χ2n) is 5.07. The largest absolute Gasteiger partial charge is 0.444 e. The minimum absolute atomic E-state index is 0.184. The topological polar surface area (TPSA) is 64.3 Å². The molecular formula is C10H20N2O2. The van der Waals surface area contributed by atoms with Gasteiger partial charge in [0.25, 0.3) is 0 Å². The zero-order valence-corrected chi connectivity index (χ0v) is 9.22. The lowest BCUT2D eigenvalue weighted by molar-refractivity contribution is 0.0501. The van der Waals surface area contributed by atoms with Crippen LogP contribution < -0.4 is 11.1 Å². The maximum Gasteiger partial charge on any atom is 0.407 e. The highest BCUT2D eigenvalue weighted by molar-refractivity contribution is 5.67. The highest BCUT2D eigenvalue weighted by atomic mass is 16.6. The number of alkyl carbamates (subject to hydrolysis) is 1. The summed E-state index contributed by atoms with van der Waals surface area (Å²) in [6, 6.07) is 0. The number of nitrogens with one attached hydrogen (secondary N) is 1. The van der Waals surface area contributed by atoms with Crippen molar-refractivity contribution in [1.29, 1.82) is 0 Å². The van der Waals surface area contributed by atoms with Gasteiger partial charge in [0, 0.05) is 12.1 Å². The molecule has 0 bridgehead atoms. The molecule has 0 unspecified atom stereocenters. The molecule has 0 atom stereocenters. The molecule has 4 nitrogen and oxygen atoms in total. The van der Waals surface area contributed by atoms with E-state index < -0.39 is 5.60 Å². The number of hydrogen-bond donors (Lipinski definition) is 2. The van der Waals surface area contributed by atoms with Gasteiger partial charge in [0.2, 0.25) is 0 Å². The van der Waals surface area contributed by atoms with Crippen molar-refractivity contribution in [2.75, 3.05) is 6.54 Å². The van der Waals surface area contributed by atoms with Gasteiger partial charge in [-0.2, -0.15) is 0 Å². The summed E-state index contributed by atoms with van der Waals surface area (Å²) < 4.78 is 5.10. The number of rotatable bonds is 2. The van der Waals surface area contributed by atoms with E-state index in [9.17, 15) is 4.79 Å². The first kappa shape index (κ1) is 11.3. The number of carbonyl (C=O) groups excluding carboxylic acids is 1. The van der Waals surface area contributed by atoms with Gasteiger partial charge < -0.3 is 15.8 Å². The first-order chi connectivity index (χ1) is 6.31. The molecule has 4 heteroatoms. The van der Waals surface area contributed by atoms with E-state index in [0.29, 0.717) is 6.54 Å². The van der Waals surface area contributed by atoms with Crippen LogP contribution in [-0.4, -0.2) is 23.8 Å². The van der Waals surface area contributed by atoms with E-state index in [1.165, 1.54) is 0 Å². The third-order valence-corrected chi connectivity index (χ3v) is 2.33. The monoisotopic (exact) mass is 200 g/mol. The maximum absolute atomic E-state index is 11.3. The SMILES string of the molecule is CC(C)(C)OC(=O)NCC1(N)CCC1. The van der Waals surface area contributed by atoms with Crippen molar-refractivity contribution in [1.82, 2.24) is 5.32 Å². The zero-order valence-electron chi connectivity index (χ0n) is 9.22. The zero-order chi connectivity index (χ0) is 10.8. The maximum atomic E-state index is 11.3. The summed E-state index contributed by atoms with van der Waals surface area (Å²) in [6.45, 7) is 6.04. The Balaban J connectivity index is 2.21. The highest BCUT2D eigenvalue weighted by Gasteiger charge is 2.33. The molecule has 1 aliphatic carbocycles. The Labute approximate surface area is 85.2 Å². The summed E-state index contributed by atoms with van der Waals surface area (Å²) in [4.78, 5) is 11.3. The molecule has 14 heavy (non-hydrogen) atoms. The van der Waals surface area contributed by atoms with E-state index in [4.69, 9.17) is 10.5 Å². The predicted molar refractivity (Wildman–Crippen MR) is 55.0 cm³/mol. The van der Waals surface area contributed by atoms with E-state index in [1.807, 2.05) is 20.8 Å². The van der Waals surface area contributed by atoms with Crippen molar-refractivity contribution in [3.8, 4) is 0 Å². The van der Waals surface area contributed by atoms with Crippen LogP contribution in [0.3, 0.4) is 0 Å². The molecule has 1 rings (SSSR count). The van der Waals surface area contributed by atoms with Crippen molar-refractivity contribution in [2.45, 2.75) is 51.2 Å². The summed E-state index contributed by atoms with van der Waals surface area (Å²) in [5.74, 6) is 0. The Morgan fingerprint density at radius 1 is 1.50 bits per heavy atom. The van der Waals surface area contributed by atoms with E-state index in [2.05, 4.69) is 5.32 Å². The molecule has 1 amide bonds. The van der Waals surface area contributed by atoms with Crippen LogP contribution in [0.5, 0.6) is 0 Å². The number of amides is 1. The van der Waals surface area contributed by atoms with Gasteiger partial charge in [-0.05, 0) is 40.0 Å². The fourth-order valence-corrected chi connectivity index (χ4v) is 1.37. The second kappa shape index (κ2) is 3.77. The third kappa shape index (κ3) is 3.54. The smallest absolute Gasteiger partial charge is 0.407 e. The number of ether oxygens (including phenoxy) is 1. The molecule has 1 aliphatic rings. The van der Waals surface area contributed by atoms with E-state index in [0.717, 1.165) is 19.3 Å². The van der Waals surface area contributed by atoms with Crippen LogP contribution in [-0.2, 0) is 4.74 Å². The average molecular weight is 200 g/mol. The molecule has 0 heterocycles. The number of hydrogen-bond acceptors (Lipinski definition) is 3. The molecule has 0 radical (unpaired) electrons. The van der Waals surface area contributed by atoms with Gasteiger partial charge in [-0.1, -0.05) is 0 Å². The fraction of sp³-hybridized carbons (Fsp3) is 0.900. The van der Waals surface area contributed by atoms with Crippen LogP contribution in [0.2, 0.25) is 0 Å². The van der Waals surface area contributed by atoms with Crippen LogP contribution in [0.15, 0.2) is 0 Å². The predicted octanol–water partition coefficient (Wildman–Crippen LogP) is 1.39. The van der Waals surface area contributed by atoms with Gasteiger partial charge >= 0.3 is 6.09 Å². The van der Waals surface area contributed by atoms with Crippen molar-refractivity contribution in [2.24, 2.45) is 5.73 Å². The van der Waals surface area contributed by atoms with Gasteiger partial charge in [-0.15, -0.1) is 0 Å². The summed E-state index contributed by atoms with van der Waals surface area (Å²) in [6.07, 6.45) is 2.76. The van der Waals surface area contributed by atoms with Crippen molar-refractivity contribution in [3.63, 3.8) is 0 Å². The van der Waals surface area contributed by atoms with Gasteiger partial charge in [-0.3, -0.25) is 0 Å². The van der Waals surface area contributed by atoms with Gasteiger partial charge in [0.15, 0.2) is 0 Å². The van der Waals surface area contributed by atoms with Crippen LogP contribution in [0, 0.1) is 0 Å². The Kier molecular flexibility index (Phi) is 3.04. The molecular weight excluding hydrogens is 180 g/mol. The Bertz CT molecular complexity index is 217. The first-order valence-electron chi connectivity index (χ1n) is 5.07. The Hall–Kier alpha value is -0.770. The molecule has 1 fully saturated rings. The number of nitrogens with two attached hydrogens (primary N) is 1.